The molecular formula is C14H14N2OS. The zero-order valence-electron chi connectivity index (χ0n) is 10.6. The molecule has 3 nitrogen and oxygen atoms in total. The monoisotopic (exact) mass is 258 g/mol. The third-order valence-corrected chi connectivity index (χ3v) is 4.38. The summed E-state index contributed by atoms with van der Waals surface area (Å²) in [4.78, 5) is 17.3. The fraction of sp³-hybridized carbons (Fsp3) is 0.286. The van der Waals surface area contributed by atoms with Gasteiger partial charge in [-0.1, -0.05) is 12.1 Å². The molecule has 18 heavy (non-hydrogen) atoms. The average Bonchev–Trinajstić information content (AvgIpc) is 2.83. The van der Waals surface area contributed by atoms with Crippen molar-refractivity contribution in [1.82, 2.24) is 4.98 Å². The van der Waals surface area contributed by atoms with E-state index in [-0.39, 0.29) is 5.91 Å². The van der Waals surface area contributed by atoms with Crippen molar-refractivity contribution in [3.8, 4) is 10.4 Å². The second-order valence-corrected chi connectivity index (χ2v) is 6.32. The first kappa shape index (κ1) is 11.4. The molecule has 0 fully saturated rings. The highest BCUT2D eigenvalue weighted by Crippen LogP contribution is 2.40. The lowest BCUT2D eigenvalue weighted by atomic mass is 9.86. The highest BCUT2D eigenvalue weighted by molar-refractivity contribution is 7.15. The fourth-order valence-electron chi connectivity index (χ4n) is 2.24. The van der Waals surface area contributed by atoms with Crippen molar-refractivity contribution < 1.29 is 4.79 Å². The van der Waals surface area contributed by atoms with Crippen molar-refractivity contribution in [3.63, 3.8) is 0 Å². The Morgan fingerprint density at radius 3 is 2.78 bits per heavy atom. The number of amides is 1. The van der Waals surface area contributed by atoms with E-state index in [1.807, 2.05) is 39.1 Å². The molecule has 92 valence electrons. The van der Waals surface area contributed by atoms with Gasteiger partial charge in [0.05, 0.1) is 15.3 Å². The van der Waals surface area contributed by atoms with E-state index in [9.17, 15) is 4.79 Å². The van der Waals surface area contributed by atoms with Crippen LogP contribution in [0.3, 0.4) is 0 Å². The smallest absolute Gasteiger partial charge is 0.234 e. The molecule has 0 spiro atoms. The minimum Gasteiger partial charge on any atom is -0.325 e. The Balaban J connectivity index is 2.09. The molecule has 1 aliphatic heterocycles. The Morgan fingerprint density at radius 2 is 2.11 bits per heavy atom. The highest BCUT2D eigenvalue weighted by Gasteiger charge is 2.38. The predicted octanol–water partition coefficient (Wildman–Crippen LogP) is 3.35. The van der Waals surface area contributed by atoms with Crippen LogP contribution in [0.1, 0.15) is 24.4 Å². The van der Waals surface area contributed by atoms with Crippen LogP contribution in [0.2, 0.25) is 0 Å². The molecule has 0 bridgehead atoms. The van der Waals surface area contributed by atoms with Crippen LogP contribution in [-0.2, 0) is 10.2 Å². The maximum absolute atomic E-state index is 11.9. The Kier molecular flexibility index (Phi) is 2.32. The van der Waals surface area contributed by atoms with Crippen molar-refractivity contribution in [2.75, 3.05) is 5.32 Å². The summed E-state index contributed by atoms with van der Waals surface area (Å²) in [5.41, 5.74) is 2.67. The minimum absolute atomic E-state index is 0.0649. The predicted molar refractivity (Wildman–Crippen MR) is 73.9 cm³/mol. The van der Waals surface area contributed by atoms with Crippen molar-refractivity contribution in [2.24, 2.45) is 0 Å². The number of aromatic nitrogens is 1. The summed E-state index contributed by atoms with van der Waals surface area (Å²) >= 11 is 1.66. The second-order valence-electron chi connectivity index (χ2n) is 5.08. The van der Waals surface area contributed by atoms with E-state index in [1.54, 1.807) is 11.3 Å². The van der Waals surface area contributed by atoms with Crippen LogP contribution in [0.4, 0.5) is 5.69 Å². The van der Waals surface area contributed by atoms with E-state index < -0.39 is 5.41 Å². The summed E-state index contributed by atoms with van der Waals surface area (Å²) < 4.78 is 0. The minimum atomic E-state index is -0.433. The zero-order chi connectivity index (χ0) is 12.9. The van der Waals surface area contributed by atoms with Crippen LogP contribution < -0.4 is 5.32 Å². The van der Waals surface area contributed by atoms with Gasteiger partial charge in [0.1, 0.15) is 0 Å². The zero-order valence-corrected chi connectivity index (χ0v) is 11.4. The first-order chi connectivity index (χ1) is 8.48. The van der Waals surface area contributed by atoms with Crippen molar-refractivity contribution in [1.29, 1.82) is 0 Å². The van der Waals surface area contributed by atoms with Gasteiger partial charge in [0, 0.05) is 11.9 Å². The van der Waals surface area contributed by atoms with Gasteiger partial charge in [0.15, 0.2) is 0 Å². The summed E-state index contributed by atoms with van der Waals surface area (Å²) in [6, 6.07) is 6.14. The number of hydrogen-bond acceptors (Lipinski definition) is 3. The molecule has 0 saturated heterocycles. The Morgan fingerprint density at radius 1 is 1.33 bits per heavy atom. The molecule has 4 heteroatoms. The van der Waals surface area contributed by atoms with Crippen LogP contribution in [0.25, 0.3) is 10.4 Å². The third-order valence-electron chi connectivity index (χ3n) is 3.41. The van der Waals surface area contributed by atoms with E-state index >= 15 is 0 Å². The number of rotatable bonds is 1. The number of fused-ring (bicyclic) bond motifs is 1. The number of nitrogens with one attached hydrogen (secondary N) is 1. The maximum atomic E-state index is 11.9. The number of anilines is 1. The lowest BCUT2D eigenvalue weighted by Gasteiger charge is -2.14. The Labute approximate surface area is 110 Å². The Hall–Kier alpha value is -1.68. The Bertz CT molecular complexity index is 643. The molecule has 0 radical (unpaired) electrons. The lowest BCUT2D eigenvalue weighted by Crippen LogP contribution is -2.26. The summed E-state index contributed by atoms with van der Waals surface area (Å²) in [6.07, 6.45) is 1.88. The van der Waals surface area contributed by atoms with Crippen LogP contribution in [0, 0.1) is 6.92 Å². The lowest BCUT2D eigenvalue weighted by molar-refractivity contribution is -0.119. The molecule has 0 unspecified atom stereocenters. The van der Waals surface area contributed by atoms with Crippen LogP contribution >= 0.6 is 11.3 Å². The number of aryl methyl sites for hydroxylation is 1. The number of thiazole rings is 1. The van der Waals surface area contributed by atoms with Gasteiger partial charge >= 0.3 is 0 Å². The van der Waals surface area contributed by atoms with Gasteiger partial charge in [-0.2, -0.15) is 0 Å². The molecule has 1 N–H and O–H groups in total. The van der Waals surface area contributed by atoms with Crippen LogP contribution in [0.15, 0.2) is 24.4 Å². The van der Waals surface area contributed by atoms with Gasteiger partial charge in [0.2, 0.25) is 5.91 Å². The molecule has 1 aromatic heterocycles. The molecule has 0 aliphatic carbocycles. The van der Waals surface area contributed by atoms with Crippen molar-refractivity contribution >= 4 is 22.9 Å². The second kappa shape index (κ2) is 3.65. The van der Waals surface area contributed by atoms with E-state index in [0.717, 1.165) is 26.7 Å². The number of carbonyl (C=O) groups is 1. The highest BCUT2D eigenvalue weighted by atomic mass is 32.1. The van der Waals surface area contributed by atoms with E-state index in [1.165, 1.54) is 0 Å². The normalized spacial score (nSPS) is 16.5. The van der Waals surface area contributed by atoms with Crippen LogP contribution in [-0.4, -0.2) is 10.9 Å². The summed E-state index contributed by atoms with van der Waals surface area (Å²) in [5.74, 6) is 0.0649. The maximum Gasteiger partial charge on any atom is 0.234 e. The molecular weight excluding hydrogens is 244 g/mol. The third kappa shape index (κ3) is 1.56. The molecule has 0 saturated carbocycles. The van der Waals surface area contributed by atoms with E-state index in [4.69, 9.17) is 0 Å². The SMILES string of the molecule is Cc1ncc(-c2ccc3c(c2)NC(=O)C3(C)C)s1. The topological polar surface area (TPSA) is 42.0 Å². The molecule has 0 atom stereocenters. The first-order valence-electron chi connectivity index (χ1n) is 5.87. The summed E-state index contributed by atoms with van der Waals surface area (Å²) in [6.45, 7) is 5.89. The van der Waals surface area contributed by atoms with Crippen molar-refractivity contribution in [3.05, 3.63) is 35.0 Å². The fourth-order valence-corrected chi connectivity index (χ4v) is 3.02. The molecule has 1 aliphatic rings. The van der Waals surface area contributed by atoms with Gasteiger partial charge in [-0.3, -0.25) is 4.79 Å². The van der Waals surface area contributed by atoms with Gasteiger partial charge in [-0.05, 0) is 38.0 Å². The standard InChI is InChI=1S/C14H14N2OS/c1-8-15-7-12(18-8)9-4-5-10-11(6-9)16-13(17)14(10,2)3/h4-7H,1-3H3,(H,16,17). The summed E-state index contributed by atoms with van der Waals surface area (Å²) in [5, 5.41) is 4.00. The van der Waals surface area contributed by atoms with Crippen molar-refractivity contribution in [2.45, 2.75) is 26.2 Å². The van der Waals surface area contributed by atoms with Gasteiger partial charge < -0.3 is 5.32 Å². The number of carbonyl (C=O) groups excluding carboxylic acids is 1. The molecule has 1 aromatic carbocycles. The summed E-state index contributed by atoms with van der Waals surface area (Å²) in [7, 11) is 0. The quantitative estimate of drug-likeness (QED) is 0.852. The average molecular weight is 258 g/mol. The number of hydrogen-bond donors (Lipinski definition) is 1. The van der Waals surface area contributed by atoms with E-state index in [2.05, 4.69) is 16.4 Å². The first-order valence-corrected chi connectivity index (χ1v) is 6.69. The number of nitrogens with zero attached hydrogens (tertiary/aromatic N) is 1. The van der Waals surface area contributed by atoms with Gasteiger partial charge in [-0.15, -0.1) is 11.3 Å². The molecule has 3 rings (SSSR count). The number of benzene rings is 1. The molecule has 1 amide bonds. The van der Waals surface area contributed by atoms with Gasteiger partial charge in [0.25, 0.3) is 0 Å². The van der Waals surface area contributed by atoms with Gasteiger partial charge in [-0.25, -0.2) is 4.98 Å². The largest absolute Gasteiger partial charge is 0.325 e. The van der Waals surface area contributed by atoms with E-state index in [0.29, 0.717) is 0 Å². The molecule has 2 aromatic rings. The van der Waals surface area contributed by atoms with Crippen LogP contribution in [0.5, 0.6) is 0 Å². The molecule has 2 heterocycles.